The molecule has 0 aliphatic heterocycles. The molecule has 0 aliphatic rings. The minimum absolute atomic E-state index is 0.314. The van der Waals surface area contributed by atoms with Gasteiger partial charge in [0.25, 0.3) is 0 Å². The van der Waals surface area contributed by atoms with Crippen LogP contribution in [0.2, 0.25) is 5.02 Å². The van der Waals surface area contributed by atoms with Crippen LogP contribution in [0.4, 0.5) is 0 Å². The fourth-order valence-electron chi connectivity index (χ4n) is 1.23. The van der Waals surface area contributed by atoms with Crippen LogP contribution in [0.3, 0.4) is 0 Å². The molecular formula is C9H6ClN3O2. The molecular weight excluding hydrogens is 218 g/mol. The number of benzene rings is 1. The summed E-state index contributed by atoms with van der Waals surface area (Å²) in [7, 11) is 0. The van der Waals surface area contributed by atoms with Gasteiger partial charge in [0.15, 0.2) is 0 Å². The lowest BCUT2D eigenvalue weighted by Crippen LogP contribution is -2.01. The van der Waals surface area contributed by atoms with E-state index in [4.69, 9.17) is 11.6 Å². The summed E-state index contributed by atoms with van der Waals surface area (Å²) in [4.78, 5) is 18.0. The van der Waals surface area contributed by atoms with Gasteiger partial charge < -0.3 is 0 Å². The molecule has 1 heterocycles. The molecule has 0 atom stereocenters. The summed E-state index contributed by atoms with van der Waals surface area (Å²) in [6.07, 6.45) is 1.39. The number of nitrogens with zero attached hydrogens (tertiary/aromatic N) is 3. The highest BCUT2D eigenvalue weighted by Crippen LogP contribution is 2.15. The molecule has 0 saturated carbocycles. The Morgan fingerprint density at radius 1 is 1.40 bits per heavy atom. The highest BCUT2D eigenvalue weighted by Gasteiger charge is 2.05. The maximum atomic E-state index is 10.3. The second kappa shape index (κ2) is 3.78. The SMILES string of the molecule is O=[N+]([O-])Cc1cnc2cc(Cl)ccc2n1. The van der Waals surface area contributed by atoms with Gasteiger partial charge >= 0.3 is 0 Å². The maximum absolute atomic E-state index is 10.3. The van der Waals surface area contributed by atoms with Crippen molar-refractivity contribution in [3.8, 4) is 0 Å². The first-order valence-electron chi connectivity index (χ1n) is 4.18. The molecule has 1 aromatic carbocycles. The van der Waals surface area contributed by atoms with Crippen molar-refractivity contribution in [2.24, 2.45) is 0 Å². The molecule has 5 nitrogen and oxygen atoms in total. The zero-order valence-corrected chi connectivity index (χ0v) is 8.31. The second-order valence-corrected chi connectivity index (χ2v) is 3.42. The maximum Gasteiger partial charge on any atom is 0.247 e. The predicted octanol–water partition coefficient (Wildman–Crippen LogP) is 2.06. The number of nitro groups is 1. The highest BCUT2D eigenvalue weighted by molar-refractivity contribution is 6.31. The Balaban J connectivity index is 2.47. The molecule has 15 heavy (non-hydrogen) atoms. The van der Waals surface area contributed by atoms with Gasteiger partial charge in [0.2, 0.25) is 6.54 Å². The van der Waals surface area contributed by atoms with E-state index >= 15 is 0 Å². The van der Waals surface area contributed by atoms with Crippen LogP contribution in [-0.2, 0) is 6.54 Å². The van der Waals surface area contributed by atoms with Gasteiger partial charge in [-0.1, -0.05) is 11.6 Å². The summed E-state index contributed by atoms with van der Waals surface area (Å²) in [6.45, 7) is -0.314. The predicted molar refractivity (Wildman–Crippen MR) is 55.2 cm³/mol. The fraction of sp³-hybridized carbons (Fsp3) is 0.111. The molecule has 76 valence electrons. The van der Waals surface area contributed by atoms with Crippen molar-refractivity contribution in [2.75, 3.05) is 0 Å². The monoisotopic (exact) mass is 223 g/mol. The third-order valence-electron chi connectivity index (χ3n) is 1.85. The molecule has 0 radical (unpaired) electrons. The number of halogens is 1. The number of aromatic nitrogens is 2. The molecule has 0 aliphatic carbocycles. The van der Waals surface area contributed by atoms with Crippen molar-refractivity contribution < 1.29 is 4.92 Å². The number of rotatable bonds is 2. The van der Waals surface area contributed by atoms with Crippen LogP contribution >= 0.6 is 11.6 Å². The standard InChI is InChI=1S/C9H6ClN3O2/c10-6-1-2-8-9(3-6)11-4-7(12-8)5-13(14)15/h1-4H,5H2. The summed E-state index contributed by atoms with van der Waals surface area (Å²) in [6, 6.07) is 5.03. The van der Waals surface area contributed by atoms with Gasteiger partial charge in [-0.25, -0.2) is 4.98 Å². The van der Waals surface area contributed by atoms with E-state index in [0.29, 0.717) is 21.7 Å². The van der Waals surface area contributed by atoms with Crippen molar-refractivity contribution in [2.45, 2.75) is 6.54 Å². The van der Waals surface area contributed by atoms with Gasteiger partial charge in [-0.3, -0.25) is 15.1 Å². The van der Waals surface area contributed by atoms with E-state index in [9.17, 15) is 10.1 Å². The van der Waals surface area contributed by atoms with Crippen LogP contribution in [0.15, 0.2) is 24.4 Å². The first-order chi connectivity index (χ1) is 7.15. The lowest BCUT2D eigenvalue weighted by atomic mass is 10.3. The molecule has 0 saturated heterocycles. The van der Waals surface area contributed by atoms with E-state index in [1.54, 1.807) is 18.2 Å². The van der Waals surface area contributed by atoms with Crippen molar-refractivity contribution in [1.29, 1.82) is 0 Å². The van der Waals surface area contributed by atoms with Crippen LogP contribution in [0.25, 0.3) is 11.0 Å². The average molecular weight is 224 g/mol. The van der Waals surface area contributed by atoms with Crippen LogP contribution < -0.4 is 0 Å². The Kier molecular flexibility index (Phi) is 2.47. The summed E-state index contributed by atoms with van der Waals surface area (Å²) in [5.41, 5.74) is 1.59. The van der Waals surface area contributed by atoms with Crippen LogP contribution in [0.5, 0.6) is 0 Å². The molecule has 1 aromatic heterocycles. The van der Waals surface area contributed by atoms with Crippen LogP contribution in [-0.4, -0.2) is 14.9 Å². The van der Waals surface area contributed by atoms with E-state index in [0.717, 1.165) is 0 Å². The van der Waals surface area contributed by atoms with E-state index in [1.165, 1.54) is 6.20 Å². The topological polar surface area (TPSA) is 68.9 Å². The normalized spacial score (nSPS) is 10.5. The Bertz CT molecular complexity index is 530. The Morgan fingerprint density at radius 3 is 2.93 bits per heavy atom. The highest BCUT2D eigenvalue weighted by atomic mass is 35.5. The summed E-state index contributed by atoms with van der Waals surface area (Å²) < 4.78 is 0. The fourth-order valence-corrected chi connectivity index (χ4v) is 1.40. The van der Waals surface area contributed by atoms with Crippen molar-refractivity contribution in [3.63, 3.8) is 0 Å². The van der Waals surface area contributed by atoms with Gasteiger partial charge in [-0.05, 0) is 18.2 Å². The van der Waals surface area contributed by atoms with Gasteiger partial charge in [-0.2, -0.15) is 0 Å². The molecule has 0 bridgehead atoms. The molecule has 2 aromatic rings. The summed E-state index contributed by atoms with van der Waals surface area (Å²) in [5, 5.41) is 10.8. The van der Waals surface area contributed by atoms with E-state index in [2.05, 4.69) is 9.97 Å². The van der Waals surface area contributed by atoms with Crippen molar-refractivity contribution in [1.82, 2.24) is 9.97 Å². The molecule has 0 unspecified atom stereocenters. The third kappa shape index (κ3) is 2.19. The molecule has 0 spiro atoms. The minimum Gasteiger partial charge on any atom is -0.264 e. The number of hydrogen-bond acceptors (Lipinski definition) is 4. The van der Waals surface area contributed by atoms with Gasteiger partial charge in [0.05, 0.1) is 17.2 Å². The number of fused-ring (bicyclic) bond motifs is 1. The Morgan fingerprint density at radius 2 is 2.20 bits per heavy atom. The minimum atomic E-state index is -0.439. The summed E-state index contributed by atoms with van der Waals surface area (Å²) >= 11 is 5.77. The second-order valence-electron chi connectivity index (χ2n) is 2.99. The van der Waals surface area contributed by atoms with Crippen molar-refractivity contribution >= 4 is 22.6 Å². The molecule has 0 N–H and O–H groups in total. The van der Waals surface area contributed by atoms with E-state index in [1.807, 2.05) is 0 Å². The lowest BCUT2D eigenvalue weighted by molar-refractivity contribution is -0.497. The average Bonchev–Trinajstić information content (AvgIpc) is 2.17. The van der Waals surface area contributed by atoms with E-state index in [-0.39, 0.29) is 6.54 Å². The first kappa shape index (κ1) is 9.79. The molecule has 2 rings (SSSR count). The Hall–Kier alpha value is -1.75. The van der Waals surface area contributed by atoms with Gasteiger partial charge in [-0.15, -0.1) is 0 Å². The van der Waals surface area contributed by atoms with Crippen LogP contribution in [0, 0.1) is 10.1 Å². The zero-order valence-electron chi connectivity index (χ0n) is 7.55. The molecule has 0 fully saturated rings. The molecule has 0 amide bonds. The lowest BCUT2D eigenvalue weighted by Gasteiger charge is -1.98. The molecule has 6 heteroatoms. The first-order valence-corrected chi connectivity index (χ1v) is 4.56. The Labute approximate surface area is 89.9 Å². The zero-order chi connectivity index (χ0) is 10.8. The van der Waals surface area contributed by atoms with Crippen LogP contribution in [0.1, 0.15) is 5.69 Å². The smallest absolute Gasteiger partial charge is 0.247 e. The summed E-state index contributed by atoms with van der Waals surface area (Å²) in [5.74, 6) is 0. The van der Waals surface area contributed by atoms with Gasteiger partial charge in [0.1, 0.15) is 5.69 Å². The quantitative estimate of drug-likeness (QED) is 0.577. The third-order valence-corrected chi connectivity index (χ3v) is 2.08. The number of hydrogen-bond donors (Lipinski definition) is 0. The van der Waals surface area contributed by atoms with Crippen molar-refractivity contribution in [3.05, 3.63) is 45.2 Å². The van der Waals surface area contributed by atoms with E-state index < -0.39 is 4.92 Å². The largest absolute Gasteiger partial charge is 0.264 e. The van der Waals surface area contributed by atoms with Gasteiger partial charge in [0, 0.05) is 9.95 Å².